The number of hydrogen-bond acceptors (Lipinski definition) is 4. The molecule has 8 heteroatoms. The Balaban J connectivity index is 1.84. The van der Waals surface area contributed by atoms with Crippen LogP contribution in [-0.4, -0.2) is 46.5 Å². The fourth-order valence-corrected chi connectivity index (χ4v) is 3.81. The van der Waals surface area contributed by atoms with Gasteiger partial charge in [0.15, 0.2) is 0 Å². The fraction of sp³-hybridized carbons (Fsp3) is 0.478. The molecule has 1 aromatic rings. The molecule has 0 fully saturated rings. The van der Waals surface area contributed by atoms with Gasteiger partial charge in [-0.3, -0.25) is 14.3 Å². The van der Waals surface area contributed by atoms with Crippen molar-refractivity contribution in [3.63, 3.8) is 0 Å². The highest BCUT2D eigenvalue weighted by Crippen LogP contribution is 2.27. The fourth-order valence-electron chi connectivity index (χ4n) is 3.00. The maximum Gasteiger partial charge on any atom is 0.0717 e. The zero-order valence-corrected chi connectivity index (χ0v) is 20.1. The average molecular weight is 449 g/mol. The minimum absolute atomic E-state index is 0.154. The lowest BCUT2D eigenvalue weighted by Gasteiger charge is -2.37. The summed E-state index contributed by atoms with van der Waals surface area (Å²) in [4.78, 5) is 0. The summed E-state index contributed by atoms with van der Waals surface area (Å²) in [6.45, 7) is 9.80. The van der Waals surface area contributed by atoms with Gasteiger partial charge in [-0.15, -0.1) is 14.6 Å². The number of nitrogens with zero attached hydrogens (tertiary/aromatic N) is 3. The molecule has 0 spiro atoms. The van der Waals surface area contributed by atoms with Crippen molar-refractivity contribution in [3.05, 3.63) is 72.1 Å². The van der Waals surface area contributed by atoms with Crippen LogP contribution in [0.3, 0.4) is 0 Å². The summed E-state index contributed by atoms with van der Waals surface area (Å²) < 4.78 is 30.6. The van der Waals surface area contributed by atoms with Crippen molar-refractivity contribution in [1.82, 2.24) is 9.73 Å². The maximum atomic E-state index is 12.1. The standard InChI is InChI=1S/C23H36N4O3S/c1-19(23(2,3)18-30-17-20-11-8-7-9-12-20)24-26-27(4)16-21-13-10-14-22(15-21)25-31(5,6,28)29/h7-12,14-15,21H,1,13,16-18H2,2-6H3,(H2,25,28,29). The monoisotopic (exact) mass is 448 g/mol. The second-order valence-electron chi connectivity index (χ2n) is 9.22. The summed E-state index contributed by atoms with van der Waals surface area (Å²) in [5, 5.41) is 10.4. The minimum atomic E-state index is -3.82. The molecule has 1 aromatic carbocycles. The normalized spacial score (nSPS) is 18.3. The molecular formula is C23H36N4O3S. The predicted molar refractivity (Wildman–Crippen MR) is 128 cm³/mol. The molecule has 0 heterocycles. The van der Waals surface area contributed by atoms with Crippen molar-refractivity contribution in [2.75, 3.05) is 32.7 Å². The van der Waals surface area contributed by atoms with Gasteiger partial charge in [-0.25, -0.2) is 0 Å². The Morgan fingerprint density at radius 1 is 1.35 bits per heavy atom. The summed E-state index contributed by atoms with van der Waals surface area (Å²) in [6, 6.07) is 10.0. The number of ether oxygens (including phenoxy) is 1. The van der Waals surface area contributed by atoms with Crippen LogP contribution in [0, 0.1) is 11.3 Å². The molecule has 1 unspecified atom stereocenters. The number of rotatable bonds is 11. The van der Waals surface area contributed by atoms with Crippen LogP contribution in [-0.2, 0) is 20.9 Å². The lowest BCUT2D eigenvalue weighted by atomic mass is 9.91. The van der Waals surface area contributed by atoms with Crippen LogP contribution in [0.1, 0.15) is 25.8 Å². The third-order valence-corrected chi connectivity index (χ3v) is 5.55. The molecule has 2 rings (SSSR count). The van der Waals surface area contributed by atoms with Crippen LogP contribution < -0.4 is 4.72 Å². The molecule has 0 aromatic heterocycles. The zero-order valence-electron chi connectivity index (χ0n) is 19.2. The van der Waals surface area contributed by atoms with Gasteiger partial charge >= 0.3 is 0 Å². The van der Waals surface area contributed by atoms with Gasteiger partial charge in [-0.2, -0.15) is 4.21 Å². The van der Waals surface area contributed by atoms with Crippen LogP contribution in [0.2, 0.25) is 0 Å². The summed E-state index contributed by atoms with van der Waals surface area (Å²) >= 11 is 0. The van der Waals surface area contributed by atoms with E-state index >= 15 is 0 Å². The van der Waals surface area contributed by atoms with Gasteiger partial charge < -0.3 is 4.74 Å². The van der Waals surface area contributed by atoms with E-state index < -0.39 is 9.53 Å². The lowest BCUT2D eigenvalue weighted by Crippen LogP contribution is -2.44. The van der Waals surface area contributed by atoms with Crippen LogP contribution in [0.4, 0.5) is 0 Å². The van der Waals surface area contributed by atoms with E-state index in [1.54, 1.807) is 5.01 Å². The maximum absolute atomic E-state index is 12.1. The van der Waals surface area contributed by atoms with Gasteiger partial charge in [0.05, 0.1) is 18.9 Å². The average Bonchev–Trinajstić information content (AvgIpc) is 2.65. The van der Waals surface area contributed by atoms with Crippen molar-refractivity contribution in [2.24, 2.45) is 21.7 Å². The van der Waals surface area contributed by atoms with Crippen LogP contribution in [0.5, 0.6) is 0 Å². The first kappa shape index (κ1) is 25.0. The number of hydrogen-bond donors (Lipinski definition) is 2. The van der Waals surface area contributed by atoms with Crippen molar-refractivity contribution < 1.29 is 13.5 Å². The largest absolute Gasteiger partial charge is 0.376 e. The lowest BCUT2D eigenvalue weighted by molar-refractivity contribution is 0.0660. The van der Waals surface area contributed by atoms with E-state index in [4.69, 9.17) is 4.74 Å². The van der Waals surface area contributed by atoms with Gasteiger partial charge in [-0.1, -0.05) is 68.1 Å². The van der Waals surface area contributed by atoms with Crippen LogP contribution in [0.15, 0.2) is 76.9 Å². The Hall–Kier alpha value is -2.29. The first-order valence-electron chi connectivity index (χ1n) is 10.3. The van der Waals surface area contributed by atoms with E-state index in [2.05, 4.69) is 21.6 Å². The first-order valence-corrected chi connectivity index (χ1v) is 13.0. The van der Waals surface area contributed by atoms with Gasteiger partial charge in [0, 0.05) is 43.1 Å². The molecule has 0 radical (unpaired) electrons. The molecule has 1 aliphatic rings. The minimum Gasteiger partial charge on any atom is -0.376 e. The molecule has 0 bridgehead atoms. The van der Waals surface area contributed by atoms with E-state index in [-0.39, 0.29) is 11.3 Å². The van der Waals surface area contributed by atoms with E-state index in [0.29, 0.717) is 31.2 Å². The molecule has 0 aliphatic heterocycles. The van der Waals surface area contributed by atoms with Crippen molar-refractivity contribution in [1.29, 1.82) is 0 Å². The molecule has 0 saturated heterocycles. The smallest absolute Gasteiger partial charge is 0.0717 e. The van der Waals surface area contributed by atoms with Gasteiger partial charge in [0.2, 0.25) is 0 Å². The van der Waals surface area contributed by atoms with Crippen LogP contribution >= 0.6 is 0 Å². The highest BCUT2D eigenvalue weighted by Gasteiger charge is 2.23. The Morgan fingerprint density at radius 2 is 2.03 bits per heavy atom. The highest BCUT2D eigenvalue weighted by atomic mass is 32.3. The zero-order chi connectivity index (χ0) is 23.1. The van der Waals surface area contributed by atoms with Gasteiger partial charge in [0.25, 0.3) is 0 Å². The summed E-state index contributed by atoms with van der Waals surface area (Å²) in [5.41, 5.74) is 2.08. The molecule has 7 nitrogen and oxygen atoms in total. The molecule has 0 saturated carbocycles. The van der Waals surface area contributed by atoms with Crippen LogP contribution in [0.25, 0.3) is 0 Å². The topological polar surface area (TPSA) is 86.5 Å². The van der Waals surface area contributed by atoms with Gasteiger partial charge in [0.1, 0.15) is 0 Å². The van der Waals surface area contributed by atoms with E-state index in [0.717, 1.165) is 12.0 Å². The quantitative estimate of drug-likeness (QED) is 0.384. The molecule has 0 amide bonds. The predicted octanol–water partition coefficient (Wildman–Crippen LogP) is 4.56. The number of allylic oxidation sites excluding steroid dienone is 2. The molecule has 31 heavy (non-hydrogen) atoms. The molecular weight excluding hydrogens is 412 g/mol. The van der Waals surface area contributed by atoms with Gasteiger partial charge in [-0.05, 0) is 18.1 Å². The van der Waals surface area contributed by atoms with Crippen molar-refractivity contribution >= 4 is 9.53 Å². The molecule has 172 valence electrons. The summed E-state index contributed by atoms with van der Waals surface area (Å²) in [5.74, 6) is 0.154. The highest BCUT2D eigenvalue weighted by molar-refractivity contribution is 8.12. The second-order valence-corrected chi connectivity index (χ2v) is 13.0. The van der Waals surface area contributed by atoms with E-state index in [1.807, 2.05) is 69.5 Å². The van der Waals surface area contributed by atoms with Crippen molar-refractivity contribution in [3.8, 4) is 0 Å². The summed E-state index contributed by atoms with van der Waals surface area (Å²) in [6.07, 6.45) is 9.20. The second kappa shape index (κ2) is 9.89. The van der Waals surface area contributed by atoms with E-state index in [9.17, 15) is 8.76 Å². The number of nitrogens with one attached hydrogen (secondary N) is 1. The molecule has 1 atom stereocenters. The number of benzene rings is 1. The third-order valence-electron chi connectivity index (χ3n) is 4.73. The Labute approximate surface area is 186 Å². The Bertz CT molecular complexity index is 905. The Kier molecular flexibility index (Phi) is 7.97. The first-order chi connectivity index (χ1) is 14.3. The Morgan fingerprint density at radius 3 is 2.68 bits per heavy atom. The molecule has 1 aliphatic carbocycles. The third kappa shape index (κ3) is 9.59. The summed E-state index contributed by atoms with van der Waals surface area (Å²) in [7, 11) is -1.96. The molecule has 2 N–H and O–H groups in total. The van der Waals surface area contributed by atoms with Crippen molar-refractivity contribution in [2.45, 2.75) is 26.9 Å². The van der Waals surface area contributed by atoms with E-state index in [1.165, 1.54) is 12.5 Å². The SMILES string of the molecule is C=C(N=NN(C)CC1C=C(NS(C)(C)(=O)O)C=CC1)C(C)(C)COCc1ccccc1.